The topological polar surface area (TPSA) is 18.8 Å². The summed E-state index contributed by atoms with van der Waals surface area (Å²) in [5.74, 6) is 4.18. The Kier molecular flexibility index (Phi) is 5.11. The Bertz CT molecular complexity index is 376. The van der Waals surface area contributed by atoms with Gasteiger partial charge in [0.1, 0.15) is 0 Å². The zero-order valence-corrected chi connectivity index (χ0v) is 13.9. The van der Waals surface area contributed by atoms with Crippen molar-refractivity contribution >= 4 is 5.96 Å². The van der Waals surface area contributed by atoms with E-state index in [4.69, 9.17) is 4.99 Å². The monoisotopic (exact) mass is 277 g/mol. The summed E-state index contributed by atoms with van der Waals surface area (Å²) in [5, 5.41) is 0. The summed E-state index contributed by atoms with van der Waals surface area (Å²) in [4.78, 5) is 9.38. The third kappa shape index (κ3) is 3.56. The minimum atomic E-state index is 0.974. The standard InChI is InChI=1S/C17H31N3/c1-6-13(3)18-17(19(4)5)20-10-8-15(9-11-20)16-12-14(16)7-2/h6,14-16H,7-12H2,1-5H3/b13-6-,18-17?. The Morgan fingerprint density at radius 3 is 2.40 bits per heavy atom. The summed E-state index contributed by atoms with van der Waals surface area (Å²) in [6.07, 6.45) is 7.65. The predicted molar refractivity (Wildman–Crippen MR) is 86.7 cm³/mol. The van der Waals surface area contributed by atoms with E-state index in [0.717, 1.165) is 29.4 Å². The molecule has 0 radical (unpaired) electrons. The number of allylic oxidation sites excluding steroid dienone is 2. The van der Waals surface area contributed by atoms with Gasteiger partial charge in [-0.3, -0.25) is 0 Å². The molecule has 3 heteroatoms. The Labute approximate surface area is 124 Å². The number of aliphatic imine (C=N–C) groups is 1. The molecule has 1 aliphatic heterocycles. The molecule has 1 aliphatic carbocycles. The van der Waals surface area contributed by atoms with Crippen LogP contribution in [0.4, 0.5) is 0 Å². The molecule has 2 fully saturated rings. The van der Waals surface area contributed by atoms with Crippen LogP contribution in [-0.2, 0) is 0 Å². The Morgan fingerprint density at radius 1 is 1.30 bits per heavy atom. The van der Waals surface area contributed by atoms with Crippen molar-refractivity contribution in [3.63, 3.8) is 0 Å². The summed E-state index contributed by atoms with van der Waals surface area (Å²) in [7, 11) is 4.20. The van der Waals surface area contributed by atoms with Crippen LogP contribution in [0.1, 0.15) is 46.5 Å². The Morgan fingerprint density at radius 2 is 1.95 bits per heavy atom. The van der Waals surface area contributed by atoms with E-state index in [1.54, 1.807) is 0 Å². The second-order valence-corrected chi connectivity index (χ2v) is 6.63. The van der Waals surface area contributed by atoms with Gasteiger partial charge in [-0.05, 0) is 50.9 Å². The first-order valence-corrected chi connectivity index (χ1v) is 8.20. The number of hydrogen-bond acceptors (Lipinski definition) is 1. The predicted octanol–water partition coefficient (Wildman–Crippen LogP) is 3.59. The van der Waals surface area contributed by atoms with Gasteiger partial charge in [0.15, 0.2) is 0 Å². The van der Waals surface area contributed by atoms with Crippen LogP contribution in [0, 0.1) is 17.8 Å². The van der Waals surface area contributed by atoms with Crippen LogP contribution in [0.5, 0.6) is 0 Å². The zero-order valence-electron chi connectivity index (χ0n) is 13.9. The van der Waals surface area contributed by atoms with Crippen LogP contribution >= 0.6 is 0 Å². The smallest absolute Gasteiger partial charge is 0.200 e. The van der Waals surface area contributed by atoms with Gasteiger partial charge in [-0.25, -0.2) is 4.99 Å². The average molecular weight is 277 g/mol. The molecule has 20 heavy (non-hydrogen) atoms. The highest BCUT2D eigenvalue weighted by molar-refractivity contribution is 5.80. The molecule has 0 spiro atoms. The summed E-state index contributed by atoms with van der Waals surface area (Å²) in [6, 6.07) is 0. The van der Waals surface area contributed by atoms with Crippen molar-refractivity contribution in [3.05, 3.63) is 11.8 Å². The van der Waals surface area contributed by atoms with Crippen molar-refractivity contribution in [1.29, 1.82) is 0 Å². The maximum atomic E-state index is 4.76. The molecule has 3 nitrogen and oxygen atoms in total. The van der Waals surface area contributed by atoms with Crippen molar-refractivity contribution in [2.45, 2.75) is 46.5 Å². The molecule has 0 aromatic rings. The normalized spacial score (nSPS) is 28.8. The molecule has 0 bridgehead atoms. The SMILES string of the molecule is C/C=C(/C)N=C(N(C)C)N1CCC(C2CC2CC)CC1. The van der Waals surface area contributed by atoms with Crippen molar-refractivity contribution in [2.75, 3.05) is 27.2 Å². The van der Waals surface area contributed by atoms with E-state index < -0.39 is 0 Å². The third-order valence-electron chi connectivity index (χ3n) is 5.02. The second kappa shape index (κ2) is 6.64. The lowest BCUT2D eigenvalue weighted by Gasteiger charge is -2.36. The number of likely N-dealkylation sites (tertiary alicyclic amines) is 1. The lowest BCUT2D eigenvalue weighted by Crippen LogP contribution is -2.45. The van der Waals surface area contributed by atoms with E-state index in [2.05, 4.69) is 50.7 Å². The lowest BCUT2D eigenvalue weighted by atomic mass is 9.90. The van der Waals surface area contributed by atoms with Crippen LogP contribution in [0.2, 0.25) is 0 Å². The zero-order chi connectivity index (χ0) is 14.7. The number of guanidine groups is 1. The average Bonchev–Trinajstić information content (AvgIpc) is 3.24. The molecular weight excluding hydrogens is 246 g/mol. The van der Waals surface area contributed by atoms with E-state index in [1.165, 1.54) is 38.8 Å². The van der Waals surface area contributed by atoms with Gasteiger partial charge in [-0.15, -0.1) is 0 Å². The van der Waals surface area contributed by atoms with E-state index in [1.807, 2.05) is 0 Å². The fourth-order valence-electron chi connectivity index (χ4n) is 3.52. The van der Waals surface area contributed by atoms with E-state index in [-0.39, 0.29) is 0 Å². The number of nitrogens with zero attached hydrogens (tertiary/aromatic N) is 3. The molecule has 1 saturated carbocycles. The number of hydrogen-bond donors (Lipinski definition) is 0. The van der Waals surface area contributed by atoms with Crippen molar-refractivity contribution in [2.24, 2.45) is 22.7 Å². The van der Waals surface area contributed by atoms with E-state index >= 15 is 0 Å². The van der Waals surface area contributed by atoms with E-state index in [0.29, 0.717) is 0 Å². The first kappa shape index (κ1) is 15.4. The highest BCUT2D eigenvalue weighted by Crippen LogP contribution is 2.49. The summed E-state index contributed by atoms with van der Waals surface area (Å²) < 4.78 is 0. The van der Waals surface area contributed by atoms with Gasteiger partial charge in [0.2, 0.25) is 5.96 Å². The molecule has 0 aromatic heterocycles. The van der Waals surface area contributed by atoms with E-state index in [9.17, 15) is 0 Å². The van der Waals surface area contributed by atoms with Gasteiger partial charge in [-0.1, -0.05) is 19.4 Å². The number of piperidine rings is 1. The molecule has 2 unspecified atom stereocenters. The fraction of sp³-hybridized carbons (Fsp3) is 0.824. The maximum Gasteiger partial charge on any atom is 0.200 e. The molecule has 2 rings (SSSR count). The van der Waals surface area contributed by atoms with Crippen LogP contribution in [0.25, 0.3) is 0 Å². The van der Waals surface area contributed by atoms with Crippen LogP contribution in [0.3, 0.4) is 0 Å². The molecule has 0 N–H and O–H groups in total. The van der Waals surface area contributed by atoms with Gasteiger partial charge < -0.3 is 9.80 Å². The first-order valence-electron chi connectivity index (χ1n) is 8.20. The quantitative estimate of drug-likeness (QED) is 0.580. The van der Waals surface area contributed by atoms with Crippen molar-refractivity contribution < 1.29 is 0 Å². The molecule has 0 aromatic carbocycles. The van der Waals surface area contributed by atoms with Gasteiger partial charge in [0, 0.05) is 32.9 Å². The minimum absolute atomic E-state index is 0.974. The Balaban J connectivity index is 1.92. The molecule has 114 valence electrons. The molecule has 1 heterocycles. The third-order valence-corrected chi connectivity index (χ3v) is 5.02. The van der Waals surface area contributed by atoms with Crippen LogP contribution in [0.15, 0.2) is 16.8 Å². The number of rotatable bonds is 3. The highest BCUT2D eigenvalue weighted by Gasteiger charge is 2.42. The fourth-order valence-corrected chi connectivity index (χ4v) is 3.52. The van der Waals surface area contributed by atoms with Gasteiger partial charge in [0.25, 0.3) is 0 Å². The van der Waals surface area contributed by atoms with Crippen LogP contribution in [-0.4, -0.2) is 42.9 Å². The maximum absolute atomic E-state index is 4.76. The summed E-state index contributed by atoms with van der Waals surface area (Å²) in [5.41, 5.74) is 1.10. The largest absolute Gasteiger partial charge is 0.349 e. The van der Waals surface area contributed by atoms with Gasteiger partial charge >= 0.3 is 0 Å². The van der Waals surface area contributed by atoms with Gasteiger partial charge in [-0.2, -0.15) is 0 Å². The summed E-state index contributed by atoms with van der Waals surface area (Å²) >= 11 is 0. The minimum Gasteiger partial charge on any atom is -0.349 e. The Hall–Kier alpha value is -0.990. The van der Waals surface area contributed by atoms with Crippen molar-refractivity contribution in [1.82, 2.24) is 9.80 Å². The van der Waals surface area contributed by atoms with Crippen LogP contribution < -0.4 is 0 Å². The lowest BCUT2D eigenvalue weighted by molar-refractivity contribution is 0.223. The molecular formula is C17H31N3. The molecule has 0 amide bonds. The highest BCUT2D eigenvalue weighted by atomic mass is 15.4. The molecule has 2 aliphatic rings. The summed E-state index contributed by atoms with van der Waals surface area (Å²) in [6.45, 7) is 8.82. The first-order chi connectivity index (χ1) is 9.56. The second-order valence-electron chi connectivity index (χ2n) is 6.63. The van der Waals surface area contributed by atoms with Gasteiger partial charge in [0.05, 0.1) is 0 Å². The molecule has 2 atom stereocenters. The van der Waals surface area contributed by atoms with Crippen molar-refractivity contribution in [3.8, 4) is 0 Å². The molecule has 1 saturated heterocycles.